The molecular formula is C41H44Hf. The third-order valence-corrected chi connectivity index (χ3v) is 25.6. The average Bonchev–Trinajstić information content (AvgIpc) is 3.58. The Morgan fingerprint density at radius 3 is 1.33 bits per heavy atom. The molecule has 3 aliphatic rings. The maximum atomic E-state index is 2.78. The van der Waals surface area contributed by atoms with Gasteiger partial charge in [0, 0.05) is 0 Å². The Morgan fingerprint density at radius 2 is 0.952 bits per heavy atom. The van der Waals surface area contributed by atoms with Crippen molar-refractivity contribution in [1.29, 1.82) is 0 Å². The second-order valence-corrected chi connectivity index (χ2v) is 31.7. The van der Waals surface area contributed by atoms with Gasteiger partial charge < -0.3 is 0 Å². The summed E-state index contributed by atoms with van der Waals surface area (Å²) in [7, 11) is 0. The van der Waals surface area contributed by atoms with E-state index in [4.69, 9.17) is 0 Å². The van der Waals surface area contributed by atoms with Gasteiger partial charge in [-0.05, 0) is 0 Å². The molecular weight excluding hydrogens is 671 g/mol. The fraction of sp³-hybridized carbons (Fsp3) is 0.317. The molecule has 1 heterocycles. The summed E-state index contributed by atoms with van der Waals surface area (Å²) < 4.78 is 6.80. The van der Waals surface area contributed by atoms with Gasteiger partial charge in [0.2, 0.25) is 0 Å². The molecule has 4 aromatic rings. The monoisotopic (exact) mass is 716 g/mol. The van der Waals surface area contributed by atoms with E-state index in [-0.39, 0.29) is 5.41 Å². The summed E-state index contributed by atoms with van der Waals surface area (Å²) in [4.78, 5) is 0. The molecule has 7 rings (SSSR count). The van der Waals surface area contributed by atoms with E-state index in [0.29, 0.717) is 19.2 Å². The second-order valence-electron chi connectivity index (χ2n) is 14.5. The van der Waals surface area contributed by atoms with Crippen LogP contribution in [0.3, 0.4) is 0 Å². The van der Waals surface area contributed by atoms with Crippen molar-refractivity contribution >= 4 is 12.2 Å². The van der Waals surface area contributed by atoms with Crippen molar-refractivity contribution < 1.29 is 20.0 Å². The van der Waals surface area contributed by atoms with Crippen molar-refractivity contribution in [3.05, 3.63) is 130 Å². The Hall–Kier alpha value is -2.77. The molecule has 0 aromatic heterocycles. The van der Waals surface area contributed by atoms with E-state index in [1.165, 1.54) is 46.2 Å². The third-order valence-electron chi connectivity index (χ3n) is 10.4. The van der Waals surface area contributed by atoms with Crippen LogP contribution in [0.2, 0.25) is 9.36 Å². The quantitative estimate of drug-likeness (QED) is 0.174. The first-order valence-corrected chi connectivity index (χ1v) is 27.4. The average molecular weight is 715 g/mol. The molecule has 1 fully saturated rings. The van der Waals surface area contributed by atoms with Crippen LogP contribution in [0.1, 0.15) is 70.1 Å². The molecule has 2 unspecified atom stereocenters. The predicted octanol–water partition coefficient (Wildman–Crippen LogP) is 11.9. The van der Waals surface area contributed by atoms with Gasteiger partial charge in [-0.2, -0.15) is 0 Å². The minimum atomic E-state index is -3.11. The molecule has 2 atom stereocenters. The molecule has 0 nitrogen and oxygen atoms in total. The summed E-state index contributed by atoms with van der Waals surface area (Å²) in [6.07, 6.45) is 7.88. The summed E-state index contributed by atoms with van der Waals surface area (Å²) in [5.41, 5.74) is 15.4. The number of hydrogen-bond acceptors (Lipinski definition) is 0. The van der Waals surface area contributed by atoms with Crippen LogP contribution >= 0.6 is 0 Å². The fourth-order valence-corrected chi connectivity index (χ4v) is 26.4. The van der Waals surface area contributed by atoms with Crippen LogP contribution in [0, 0.1) is 17.3 Å². The molecule has 1 heteroatoms. The van der Waals surface area contributed by atoms with Gasteiger partial charge in [-0.15, -0.1) is 0 Å². The van der Waals surface area contributed by atoms with Gasteiger partial charge in [-0.25, -0.2) is 0 Å². The van der Waals surface area contributed by atoms with E-state index in [1.807, 2.05) is 0 Å². The molecule has 212 valence electrons. The molecule has 0 N–H and O–H groups in total. The second kappa shape index (κ2) is 10.4. The van der Waals surface area contributed by atoms with Crippen molar-refractivity contribution in [2.45, 2.75) is 57.2 Å². The topological polar surface area (TPSA) is 0 Å². The van der Waals surface area contributed by atoms with Gasteiger partial charge >= 0.3 is 259 Å². The molecule has 1 aliphatic heterocycles. The Kier molecular flexibility index (Phi) is 6.97. The molecule has 0 spiro atoms. The molecule has 42 heavy (non-hydrogen) atoms. The van der Waals surface area contributed by atoms with Crippen LogP contribution in [0.4, 0.5) is 0 Å². The van der Waals surface area contributed by atoms with E-state index in [2.05, 4.69) is 146 Å². The maximum absolute atomic E-state index is 3.11. The number of fused-ring (bicyclic) bond motifs is 6. The molecule has 0 radical (unpaired) electrons. The van der Waals surface area contributed by atoms with Crippen LogP contribution < -0.4 is 0 Å². The van der Waals surface area contributed by atoms with E-state index < -0.39 is 20.0 Å². The molecule has 4 aromatic carbocycles. The number of hydrogen-bond donors (Lipinski definition) is 0. The number of benzene rings is 4. The Bertz CT molecular complexity index is 1570. The fourth-order valence-electron chi connectivity index (χ4n) is 9.26. The minimum absolute atomic E-state index is 0.0904. The summed E-state index contributed by atoms with van der Waals surface area (Å²) in [6, 6.07) is 36.6. The zero-order valence-corrected chi connectivity index (χ0v) is 29.7. The summed E-state index contributed by atoms with van der Waals surface area (Å²) in [6.45, 7) is 9.80. The Balaban J connectivity index is 1.52. The van der Waals surface area contributed by atoms with Gasteiger partial charge in [0.25, 0.3) is 0 Å². The number of rotatable bonds is 6. The Labute approximate surface area is 257 Å². The summed E-state index contributed by atoms with van der Waals surface area (Å²) >= 11 is -3.11. The Morgan fingerprint density at radius 1 is 0.548 bits per heavy atom. The molecule has 2 aliphatic carbocycles. The van der Waals surface area contributed by atoms with E-state index in [9.17, 15) is 0 Å². The van der Waals surface area contributed by atoms with Crippen molar-refractivity contribution in [3.8, 4) is 22.3 Å². The van der Waals surface area contributed by atoms with Crippen LogP contribution in [-0.4, -0.2) is 0 Å². The van der Waals surface area contributed by atoms with Crippen LogP contribution in [-0.2, 0) is 20.0 Å². The number of allylic oxidation sites excluding steroid dienone is 2. The van der Waals surface area contributed by atoms with Crippen LogP contribution in [0.15, 0.2) is 108 Å². The SMILES string of the molecule is CC(C)CC1(CC(C)C)C2=Cc3c(-c4ccccc4)cccc3[CH]2[Hf]([CH3])([CH3])[CH]2C1=Cc1c(-c3ccccc3)cccc12. The first-order valence-electron chi connectivity index (χ1n) is 16.0. The normalized spacial score (nSPS) is 21.0. The van der Waals surface area contributed by atoms with Crippen molar-refractivity contribution in [2.24, 2.45) is 17.3 Å². The molecule has 0 bridgehead atoms. The molecule has 0 saturated carbocycles. The van der Waals surface area contributed by atoms with Gasteiger partial charge in [0.1, 0.15) is 0 Å². The standard InChI is InChI=1S/C39H38.2CH3.Hf/c1-27(2)25-39(26-28(3)4,33-21-31-17-11-19-35(37(31)23-33)29-13-7-5-8-14-29)34-22-32-18-12-20-36(38(32)24-34)30-15-9-6-10-16-30;;;/h5-24,27-28H,25-26H2,1-4H3;2*1H3;. The van der Waals surface area contributed by atoms with Crippen molar-refractivity contribution in [3.63, 3.8) is 0 Å². The van der Waals surface area contributed by atoms with Crippen LogP contribution in [0.5, 0.6) is 0 Å². The van der Waals surface area contributed by atoms with Gasteiger partial charge in [0.15, 0.2) is 0 Å². The first-order chi connectivity index (χ1) is 20.2. The van der Waals surface area contributed by atoms with Gasteiger partial charge in [-0.3, -0.25) is 0 Å². The first kappa shape index (κ1) is 28.0. The van der Waals surface area contributed by atoms with Crippen molar-refractivity contribution in [2.75, 3.05) is 0 Å². The van der Waals surface area contributed by atoms with Crippen LogP contribution in [0.25, 0.3) is 34.4 Å². The van der Waals surface area contributed by atoms with E-state index in [1.54, 1.807) is 22.3 Å². The predicted molar refractivity (Wildman–Crippen MR) is 178 cm³/mol. The van der Waals surface area contributed by atoms with Gasteiger partial charge in [0.05, 0.1) is 0 Å². The van der Waals surface area contributed by atoms with Crippen molar-refractivity contribution in [1.82, 2.24) is 0 Å². The zero-order valence-electron chi connectivity index (χ0n) is 26.1. The van der Waals surface area contributed by atoms with Gasteiger partial charge in [-0.1, -0.05) is 0 Å². The third kappa shape index (κ3) is 4.25. The van der Waals surface area contributed by atoms with E-state index in [0.717, 1.165) is 0 Å². The summed E-state index contributed by atoms with van der Waals surface area (Å²) in [5, 5.41) is 0. The summed E-state index contributed by atoms with van der Waals surface area (Å²) in [5.74, 6) is 1.25. The molecule has 1 saturated heterocycles. The zero-order chi connectivity index (χ0) is 29.2. The molecule has 0 amide bonds. The van der Waals surface area contributed by atoms with E-state index >= 15 is 0 Å².